The fourth-order valence-corrected chi connectivity index (χ4v) is 8.40. The number of carboxylic acid groups (broad SMARTS) is 1. The number of aliphatic hydroxyl groups is 2. The summed E-state index contributed by atoms with van der Waals surface area (Å²) in [6.45, 7) is 8.29. The minimum absolute atomic E-state index is 0.0184. The van der Waals surface area contributed by atoms with Gasteiger partial charge in [-0.1, -0.05) is 106 Å². The average molecular weight is 791 g/mol. The van der Waals surface area contributed by atoms with Gasteiger partial charge >= 0.3 is 11.9 Å². The summed E-state index contributed by atoms with van der Waals surface area (Å²) in [6.07, 6.45) is 33.0. The van der Waals surface area contributed by atoms with Crippen LogP contribution in [0.3, 0.4) is 0 Å². The molecular weight excluding hydrogens is 725 g/mol. The van der Waals surface area contributed by atoms with E-state index in [1.165, 1.54) is 6.08 Å². The first-order chi connectivity index (χ1) is 27.5. The van der Waals surface area contributed by atoms with Gasteiger partial charge in [-0.15, -0.1) is 0 Å². The minimum atomic E-state index is -0.777. The maximum Gasteiger partial charge on any atom is 0.331 e. The molecule has 6 heterocycles. The van der Waals surface area contributed by atoms with Crippen LogP contribution in [0, 0.1) is 17.8 Å². The molecule has 3 fully saturated rings. The highest BCUT2D eigenvalue weighted by molar-refractivity contribution is 5.82. The number of aliphatic hydroxyl groups excluding tert-OH is 2. The van der Waals surface area contributed by atoms with Crippen LogP contribution >= 0.6 is 0 Å². The number of fused-ring (bicyclic) bond motifs is 13. The third-order valence-electron chi connectivity index (χ3n) is 11.8. The number of carbonyl (C=O) groups excluding carboxylic acids is 1. The minimum Gasteiger partial charge on any atom is -0.481 e. The van der Waals surface area contributed by atoms with Crippen LogP contribution in [0.5, 0.6) is 0 Å². The van der Waals surface area contributed by atoms with Gasteiger partial charge in [0.25, 0.3) is 0 Å². The molecule has 10 nitrogen and oxygen atoms in total. The van der Waals surface area contributed by atoms with E-state index in [-0.39, 0.29) is 66.9 Å². The van der Waals surface area contributed by atoms with Crippen LogP contribution in [-0.2, 0) is 33.3 Å². The molecule has 0 aromatic rings. The predicted octanol–water partition coefficient (Wildman–Crippen LogP) is 7.83. The number of aliphatic carboxylic acids is 1. The Morgan fingerprint density at radius 2 is 1.56 bits per heavy atom. The lowest BCUT2D eigenvalue weighted by molar-refractivity contribution is -0.148. The van der Waals surface area contributed by atoms with Gasteiger partial charge in [0.2, 0.25) is 0 Å². The predicted molar refractivity (Wildman–Crippen MR) is 220 cm³/mol. The Balaban J connectivity index is 1.27. The summed E-state index contributed by atoms with van der Waals surface area (Å²) in [7, 11) is 0. The lowest BCUT2D eigenvalue weighted by Gasteiger charge is -2.38. The van der Waals surface area contributed by atoms with E-state index < -0.39 is 36.4 Å². The topological polar surface area (TPSA) is 141 Å². The van der Waals surface area contributed by atoms with Crippen molar-refractivity contribution < 1.29 is 48.6 Å². The summed E-state index contributed by atoms with van der Waals surface area (Å²) >= 11 is 0. The van der Waals surface area contributed by atoms with Crippen LogP contribution in [0.25, 0.3) is 0 Å². The fourth-order valence-electron chi connectivity index (χ4n) is 8.40. The van der Waals surface area contributed by atoms with Gasteiger partial charge in [-0.3, -0.25) is 4.79 Å². The molecule has 0 amide bonds. The standard InChI is InChI=1S/C47H66O10/c1-31(17-14-15-23-45(50)51)27-32(2)47-42-26-25-36(54-47)19-11-7-5-6-10-18-35(48)28-37-29-38(49)33(3)39(53-37)21-16-22-40-34(4)43-30-44(55-40)41(56-43)20-12-8-9-13-24-46(52)57-42/h7-13,16,18,20,22,24-27,31,33-44,47-49H,5-6,14-15,17,19,21,23,28-30H2,1-4H3,(H,50,51)/b9-8-,11-7+,18-10+,20-12+,22-16+,24-13-,32-27+/t31-,33?,34?,35+,36+,37?,38?,39?,40+,41?,42?,43?,44?,47-/m1/s1. The summed E-state index contributed by atoms with van der Waals surface area (Å²) in [5.41, 5.74) is 0.966. The van der Waals surface area contributed by atoms with Gasteiger partial charge in [0.15, 0.2) is 6.10 Å². The van der Waals surface area contributed by atoms with Crippen molar-refractivity contribution >= 4 is 11.9 Å². The number of allylic oxidation sites excluding steroid dienone is 7. The zero-order valence-corrected chi connectivity index (χ0v) is 34.2. The Kier molecular flexibility index (Phi) is 17.8. The first-order valence-electron chi connectivity index (χ1n) is 21.2. The smallest absolute Gasteiger partial charge is 0.331 e. The van der Waals surface area contributed by atoms with Crippen LogP contribution in [0.4, 0.5) is 0 Å². The molecule has 7 bridgehead atoms. The van der Waals surface area contributed by atoms with Crippen LogP contribution in [0.1, 0.15) is 98.3 Å². The van der Waals surface area contributed by atoms with Gasteiger partial charge in [-0.05, 0) is 69.4 Å². The van der Waals surface area contributed by atoms with Gasteiger partial charge in [0.05, 0.1) is 48.8 Å². The van der Waals surface area contributed by atoms with Gasteiger partial charge in [0.1, 0.15) is 12.2 Å². The quantitative estimate of drug-likeness (QED) is 0.133. The van der Waals surface area contributed by atoms with Crippen molar-refractivity contribution in [1.29, 1.82) is 0 Å². The second kappa shape index (κ2) is 22.7. The van der Waals surface area contributed by atoms with Crippen LogP contribution in [-0.4, -0.2) is 94.4 Å². The average Bonchev–Trinajstić information content (AvgIpc) is 3.52. The molecule has 3 saturated heterocycles. The molecule has 0 aliphatic carbocycles. The normalized spacial score (nSPS) is 40.9. The monoisotopic (exact) mass is 790 g/mol. The van der Waals surface area contributed by atoms with E-state index >= 15 is 0 Å². The highest BCUT2D eigenvalue weighted by atomic mass is 16.6. The third-order valence-corrected chi connectivity index (χ3v) is 11.8. The van der Waals surface area contributed by atoms with Crippen molar-refractivity contribution in [1.82, 2.24) is 0 Å². The van der Waals surface area contributed by atoms with Gasteiger partial charge in [0, 0.05) is 37.2 Å². The molecule has 6 aliphatic heterocycles. The Labute approximate surface area is 339 Å². The number of esters is 1. The summed E-state index contributed by atoms with van der Waals surface area (Å²) in [6, 6.07) is 0. The van der Waals surface area contributed by atoms with E-state index in [1.54, 1.807) is 12.2 Å². The van der Waals surface area contributed by atoms with Gasteiger partial charge in [-0.25, -0.2) is 4.79 Å². The fraction of sp³-hybridized carbons (Fsp3) is 0.617. The van der Waals surface area contributed by atoms with E-state index in [9.17, 15) is 19.8 Å². The lowest BCUT2D eigenvalue weighted by atomic mass is 9.86. The highest BCUT2D eigenvalue weighted by Crippen LogP contribution is 2.38. The Morgan fingerprint density at radius 1 is 0.772 bits per heavy atom. The van der Waals surface area contributed by atoms with Crippen LogP contribution in [0.15, 0.2) is 96.7 Å². The van der Waals surface area contributed by atoms with Crippen molar-refractivity contribution in [2.45, 2.75) is 165 Å². The summed E-state index contributed by atoms with van der Waals surface area (Å²) in [5.74, 6) is -0.875. The number of unbranched alkanes of at least 4 members (excludes halogenated alkanes) is 1. The molecule has 0 saturated carbocycles. The van der Waals surface area contributed by atoms with Crippen molar-refractivity contribution in [3.63, 3.8) is 0 Å². The Bertz CT molecular complexity index is 1540. The van der Waals surface area contributed by atoms with Crippen molar-refractivity contribution in [3.8, 4) is 0 Å². The highest BCUT2D eigenvalue weighted by Gasteiger charge is 2.45. The van der Waals surface area contributed by atoms with Gasteiger partial charge < -0.3 is 39.0 Å². The molecule has 57 heavy (non-hydrogen) atoms. The zero-order valence-electron chi connectivity index (χ0n) is 34.2. The summed E-state index contributed by atoms with van der Waals surface area (Å²) in [4.78, 5) is 23.9. The molecule has 6 aliphatic rings. The second-order valence-electron chi connectivity index (χ2n) is 16.5. The third kappa shape index (κ3) is 14.1. The summed E-state index contributed by atoms with van der Waals surface area (Å²) < 4.78 is 31.7. The van der Waals surface area contributed by atoms with Gasteiger partial charge in [-0.2, -0.15) is 0 Å². The summed E-state index contributed by atoms with van der Waals surface area (Å²) in [5, 5.41) is 30.7. The molecule has 0 aromatic heterocycles. The molecule has 10 heteroatoms. The number of hydrogen-bond donors (Lipinski definition) is 3. The molecule has 0 radical (unpaired) electrons. The van der Waals surface area contributed by atoms with Crippen molar-refractivity contribution in [2.24, 2.45) is 17.8 Å². The first kappa shape index (κ1) is 44.7. The molecule has 314 valence electrons. The first-order valence-corrected chi connectivity index (χ1v) is 21.2. The van der Waals surface area contributed by atoms with Crippen LogP contribution < -0.4 is 0 Å². The molecule has 14 atom stereocenters. The maximum atomic E-state index is 13.0. The van der Waals surface area contributed by atoms with Crippen molar-refractivity contribution in [3.05, 3.63) is 96.7 Å². The number of ether oxygens (including phenoxy) is 5. The molecule has 0 spiro atoms. The number of carbonyl (C=O) groups is 2. The Morgan fingerprint density at radius 3 is 2.39 bits per heavy atom. The molecule has 6 rings (SSSR count). The van der Waals surface area contributed by atoms with E-state index in [4.69, 9.17) is 28.8 Å². The van der Waals surface area contributed by atoms with E-state index in [0.717, 1.165) is 37.7 Å². The van der Waals surface area contributed by atoms with Crippen LogP contribution in [0.2, 0.25) is 0 Å². The van der Waals surface area contributed by atoms with E-state index in [2.05, 4.69) is 44.2 Å². The zero-order chi connectivity index (χ0) is 40.7. The van der Waals surface area contributed by atoms with E-state index in [1.807, 2.05) is 56.4 Å². The molecule has 0 aromatic carbocycles. The second-order valence-corrected chi connectivity index (χ2v) is 16.5. The van der Waals surface area contributed by atoms with E-state index in [0.29, 0.717) is 32.1 Å². The number of hydrogen-bond acceptors (Lipinski definition) is 9. The molecular formula is C47H66O10. The maximum absolute atomic E-state index is 13.0. The molecule has 3 N–H and O–H groups in total. The van der Waals surface area contributed by atoms with Crippen molar-refractivity contribution in [2.75, 3.05) is 0 Å². The lowest BCUT2D eigenvalue weighted by Crippen LogP contribution is -2.43. The SMILES string of the molecule is C/C(=C\[C@H](C)CCCCC(=O)O)[C@H]1O[C@@H]2C=CC1OC(=O)\C=C/C=C\C=C\C1OC3CC1O[C@@H](/C=C/CC1OC(CC(O)C1C)C[C@@H](O)/C=C/CC/C=C/C2)C3C. The number of rotatable bonds is 7. The molecule has 9 unspecified atom stereocenters. The largest absolute Gasteiger partial charge is 0.481 e. The number of carboxylic acids is 1. The Hall–Kier alpha value is -3.38.